The summed E-state index contributed by atoms with van der Waals surface area (Å²) in [6.45, 7) is 1.42. The molecule has 7 heteroatoms. The molecule has 0 radical (unpaired) electrons. The highest BCUT2D eigenvalue weighted by atomic mass is 32.2. The van der Waals surface area contributed by atoms with E-state index in [1.165, 1.54) is 0 Å². The van der Waals surface area contributed by atoms with Gasteiger partial charge in [0.05, 0.1) is 10.8 Å². The fraction of sp³-hybridized carbons (Fsp3) is 0.455. The van der Waals surface area contributed by atoms with E-state index in [0.29, 0.717) is 48.3 Å². The quantitative estimate of drug-likeness (QED) is 0.355. The summed E-state index contributed by atoms with van der Waals surface area (Å²) in [5.74, 6) is 1.80. The summed E-state index contributed by atoms with van der Waals surface area (Å²) in [5.41, 5.74) is 8.13. The van der Waals surface area contributed by atoms with Gasteiger partial charge in [0.1, 0.15) is 13.2 Å². The van der Waals surface area contributed by atoms with E-state index in [0.717, 1.165) is 0 Å². The maximum atomic E-state index is 12.0. The number of rotatable bonds is 5. The summed E-state index contributed by atoms with van der Waals surface area (Å²) >= 11 is 0. The Hall–Kier alpha value is -1.72. The SMILES string of the molecule is [N-]=[N+]=NCCCS(=O)c1ccc2c(c1)OCCO2. The minimum Gasteiger partial charge on any atom is -0.486 e. The molecule has 1 unspecified atom stereocenters. The molecule has 1 aliphatic rings. The molecule has 1 heterocycles. The maximum Gasteiger partial charge on any atom is 0.162 e. The third kappa shape index (κ3) is 3.15. The summed E-state index contributed by atoms with van der Waals surface area (Å²) in [6, 6.07) is 5.30. The van der Waals surface area contributed by atoms with Crippen molar-refractivity contribution >= 4 is 10.8 Å². The summed E-state index contributed by atoms with van der Waals surface area (Å²) in [7, 11) is -1.10. The second-order valence-corrected chi connectivity index (χ2v) is 5.23. The van der Waals surface area contributed by atoms with E-state index in [2.05, 4.69) is 10.0 Å². The van der Waals surface area contributed by atoms with Crippen LogP contribution < -0.4 is 9.47 Å². The lowest BCUT2D eigenvalue weighted by atomic mass is 10.3. The van der Waals surface area contributed by atoms with Crippen molar-refractivity contribution < 1.29 is 13.7 Å². The Morgan fingerprint density at radius 2 is 2.11 bits per heavy atom. The van der Waals surface area contributed by atoms with Gasteiger partial charge in [-0.1, -0.05) is 5.11 Å². The number of benzene rings is 1. The van der Waals surface area contributed by atoms with Crippen LogP contribution in [0.1, 0.15) is 6.42 Å². The Bertz CT molecular complexity index is 500. The fourth-order valence-corrected chi connectivity index (χ4v) is 2.68. The van der Waals surface area contributed by atoms with Crippen LogP contribution in [0.25, 0.3) is 10.4 Å². The zero-order chi connectivity index (χ0) is 12.8. The zero-order valence-electron chi connectivity index (χ0n) is 9.74. The van der Waals surface area contributed by atoms with Gasteiger partial charge in [-0.3, -0.25) is 4.21 Å². The molecular formula is C11H13N3O3S. The first-order chi connectivity index (χ1) is 8.81. The van der Waals surface area contributed by atoms with E-state index in [-0.39, 0.29) is 0 Å². The monoisotopic (exact) mass is 267 g/mol. The predicted molar refractivity (Wildman–Crippen MR) is 67.3 cm³/mol. The van der Waals surface area contributed by atoms with E-state index in [1.54, 1.807) is 18.2 Å². The van der Waals surface area contributed by atoms with Crippen molar-refractivity contribution in [3.8, 4) is 11.5 Å². The lowest BCUT2D eigenvalue weighted by Crippen LogP contribution is -2.15. The third-order valence-electron chi connectivity index (χ3n) is 2.43. The molecule has 0 N–H and O–H groups in total. The molecule has 0 saturated heterocycles. The molecule has 1 aromatic carbocycles. The molecule has 1 atom stereocenters. The number of hydrogen-bond acceptors (Lipinski definition) is 4. The highest BCUT2D eigenvalue weighted by Gasteiger charge is 2.13. The van der Waals surface area contributed by atoms with E-state index in [4.69, 9.17) is 15.0 Å². The number of ether oxygens (including phenoxy) is 2. The van der Waals surface area contributed by atoms with Gasteiger partial charge >= 0.3 is 0 Å². The summed E-state index contributed by atoms with van der Waals surface area (Å²) in [6.07, 6.45) is 0.602. The topological polar surface area (TPSA) is 84.3 Å². The molecular weight excluding hydrogens is 254 g/mol. The molecule has 0 amide bonds. The van der Waals surface area contributed by atoms with Gasteiger partial charge in [0, 0.05) is 28.2 Å². The van der Waals surface area contributed by atoms with Crippen LogP contribution in [-0.2, 0) is 10.8 Å². The molecule has 0 bridgehead atoms. The largest absolute Gasteiger partial charge is 0.486 e. The van der Waals surface area contributed by atoms with Crippen molar-refractivity contribution in [1.82, 2.24) is 0 Å². The normalized spacial score (nSPS) is 14.7. The Morgan fingerprint density at radius 3 is 2.89 bits per heavy atom. The molecule has 0 aromatic heterocycles. The van der Waals surface area contributed by atoms with Gasteiger partial charge in [-0.25, -0.2) is 0 Å². The van der Waals surface area contributed by atoms with Crippen LogP contribution in [0.3, 0.4) is 0 Å². The van der Waals surface area contributed by atoms with Crippen LogP contribution in [-0.4, -0.2) is 29.7 Å². The van der Waals surface area contributed by atoms with E-state index >= 15 is 0 Å². The average Bonchev–Trinajstić information content (AvgIpc) is 2.43. The van der Waals surface area contributed by atoms with Crippen molar-refractivity contribution in [2.75, 3.05) is 25.5 Å². The Morgan fingerprint density at radius 1 is 1.33 bits per heavy atom. The minimum absolute atomic E-state index is 0.368. The Kier molecular flexibility index (Phi) is 4.44. The van der Waals surface area contributed by atoms with Crippen molar-refractivity contribution in [1.29, 1.82) is 0 Å². The number of azide groups is 1. The van der Waals surface area contributed by atoms with Crippen molar-refractivity contribution in [3.63, 3.8) is 0 Å². The lowest BCUT2D eigenvalue weighted by Gasteiger charge is -2.18. The van der Waals surface area contributed by atoms with Gasteiger partial charge < -0.3 is 9.47 Å². The Balaban J connectivity index is 1.99. The first-order valence-electron chi connectivity index (χ1n) is 5.60. The number of hydrogen-bond donors (Lipinski definition) is 0. The van der Waals surface area contributed by atoms with Gasteiger partial charge in [0.15, 0.2) is 11.5 Å². The van der Waals surface area contributed by atoms with Gasteiger partial charge in [0.25, 0.3) is 0 Å². The first-order valence-corrected chi connectivity index (χ1v) is 6.92. The second kappa shape index (κ2) is 6.28. The molecule has 96 valence electrons. The van der Waals surface area contributed by atoms with Crippen LogP contribution >= 0.6 is 0 Å². The smallest absolute Gasteiger partial charge is 0.162 e. The van der Waals surface area contributed by atoms with Crippen LogP contribution in [0, 0.1) is 0 Å². The summed E-state index contributed by atoms with van der Waals surface area (Å²) in [5, 5.41) is 3.41. The molecule has 0 spiro atoms. The van der Waals surface area contributed by atoms with Crippen molar-refractivity contribution in [2.24, 2.45) is 5.11 Å². The average molecular weight is 267 g/mol. The summed E-state index contributed by atoms with van der Waals surface area (Å²) < 4.78 is 22.8. The van der Waals surface area contributed by atoms with Crippen LogP contribution in [0.15, 0.2) is 28.2 Å². The van der Waals surface area contributed by atoms with Gasteiger partial charge in [-0.15, -0.1) is 0 Å². The van der Waals surface area contributed by atoms with E-state index in [1.807, 2.05) is 0 Å². The van der Waals surface area contributed by atoms with Gasteiger partial charge in [0.2, 0.25) is 0 Å². The minimum atomic E-state index is -1.10. The standard InChI is InChI=1S/C11H13N3O3S/c12-14-13-4-1-7-18(15)9-2-3-10-11(8-9)17-6-5-16-10/h2-3,8H,1,4-7H2. The van der Waals surface area contributed by atoms with Crippen molar-refractivity contribution in [3.05, 3.63) is 28.6 Å². The summed E-state index contributed by atoms with van der Waals surface area (Å²) in [4.78, 5) is 3.36. The van der Waals surface area contributed by atoms with Crippen molar-refractivity contribution in [2.45, 2.75) is 11.3 Å². The Labute approximate surface area is 107 Å². The predicted octanol–water partition coefficient (Wildman–Crippen LogP) is 2.27. The van der Waals surface area contributed by atoms with Gasteiger partial charge in [-0.2, -0.15) is 0 Å². The number of nitrogens with zero attached hydrogens (tertiary/aromatic N) is 3. The highest BCUT2D eigenvalue weighted by molar-refractivity contribution is 7.85. The van der Waals surface area contributed by atoms with E-state index in [9.17, 15) is 4.21 Å². The molecule has 0 aliphatic carbocycles. The van der Waals surface area contributed by atoms with E-state index < -0.39 is 10.8 Å². The first kappa shape index (κ1) is 12.7. The van der Waals surface area contributed by atoms with Gasteiger partial charge in [-0.05, 0) is 24.1 Å². The molecule has 0 fully saturated rings. The molecule has 1 aromatic rings. The number of fused-ring (bicyclic) bond motifs is 1. The maximum absolute atomic E-state index is 12.0. The third-order valence-corrected chi connectivity index (χ3v) is 3.87. The fourth-order valence-electron chi connectivity index (χ4n) is 1.59. The molecule has 0 saturated carbocycles. The second-order valence-electron chi connectivity index (χ2n) is 3.66. The van der Waals surface area contributed by atoms with Crippen LogP contribution in [0.4, 0.5) is 0 Å². The molecule has 1 aliphatic heterocycles. The highest BCUT2D eigenvalue weighted by Crippen LogP contribution is 2.31. The molecule has 6 nitrogen and oxygen atoms in total. The molecule has 18 heavy (non-hydrogen) atoms. The van der Waals surface area contributed by atoms with Crippen LogP contribution in [0.2, 0.25) is 0 Å². The zero-order valence-corrected chi connectivity index (χ0v) is 10.6. The molecule has 2 rings (SSSR count). The van der Waals surface area contributed by atoms with Crippen LogP contribution in [0.5, 0.6) is 11.5 Å². The lowest BCUT2D eigenvalue weighted by molar-refractivity contribution is 0.171.